The van der Waals surface area contributed by atoms with Gasteiger partial charge >= 0.3 is 12.1 Å². The zero-order chi connectivity index (χ0) is 21.9. The maximum atomic E-state index is 15.2. The molecule has 30 heavy (non-hydrogen) atoms. The summed E-state index contributed by atoms with van der Waals surface area (Å²) in [5.74, 6) is -1.19. The van der Waals surface area contributed by atoms with Crippen molar-refractivity contribution in [2.45, 2.75) is 39.8 Å². The molecule has 1 aromatic carbocycles. The van der Waals surface area contributed by atoms with Gasteiger partial charge in [-0.25, -0.2) is 23.5 Å². The molecule has 0 fully saturated rings. The second-order valence-corrected chi connectivity index (χ2v) is 7.48. The molecule has 1 N–H and O–H groups in total. The van der Waals surface area contributed by atoms with E-state index in [2.05, 4.69) is 15.4 Å². The minimum absolute atomic E-state index is 0.0263. The first kappa shape index (κ1) is 21.2. The average molecular weight is 414 g/mol. The summed E-state index contributed by atoms with van der Waals surface area (Å²) in [5, 5.41) is 6.83. The van der Waals surface area contributed by atoms with Crippen molar-refractivity contribution in [2.75, 3.05) is 6.61 Å². The van der Waals surface area contributed by atoms with Crippen LogP contribution in [0.1, 0.15) is 43.7 Å². The normalized spacial score (nSPS) is 11.4. The maximum Gasteiger partial charge on any atom is 0.407 e. The van der Waals surface area contributed by atoms with Crippen LogP contribution in [-0.4, -0.2) is 38.9 Å². The Labute approximate surface area is 173 Å². The molecular weight excluding hydrogens is 391 g/mol. The van der Waals surface area contributed by atoms with Crippen molar-refractivity contribution < 1.29 is 23.5 Å². The third-order valence-corrected chi connectivity index (χ3v) is 4.00. The van der Waals surface area contributed by atoms with Gasteiger partial charge in [0.1, 0.15) is 11.4 Å². The minimum atomic E-state index is -0.659. The monoisotopic (exact) mass is 414 g/mol. The molecule has 0 radical (unpaired) electrons. The van der Waals surface area contributed by atoms with Crippen LogP contribution in [0, 0.1) is 5.82 Å². The summed E-state index contributed by atoms with van der Waals surface area (Å²) in [5.41, 5.74) is 0.171. The number of alkyl carbamates (subject to hydrolysis) is 1. The van der Waals surface area contributed by atoms with E-state index >= 15 is 4.39 Å². The molecule has 3 aromatic rings. The lowest BCUT2D eigenvalue weighted by Crippen LogP contribution is -2.32. The number of esters is 1. The van der Waals surface area contributed by atoms with Crippen molar-refractivity contribution in [3.63, 3.8) is 0 Å². The summed E-state index contributed by atoms with van der Waals surface area (Å²) >= 11 is 0. The van der Waals surface area contributed by atoms with E-state index in [0.717, 1.165) is 0 Å². The SMILES string of the molecule is CCOC(=O)c1nc(-c2cccc(CNC(=O)OC(C)(C)C)c2F)nn2cccc12. The number of nitrogens with zero attached hydrogens (tertiary/aromatic N) is 3. The third-order valence-electron chi connectivity index (χ3n) is 4.00. The molecule has 2 aromatic heterocycles. The van der Waals surface area contributed by atoms with Gasteiger partial charge in [0.05, 0.1) is 17.7 Å². The molecule has 0 aliphatic carbocycles. The highest BCUT2D eigenvalue weighted by Gasteiger charge is 2.21. The lowest BCUT2D eigenvalue weighted by molar-refractivity contribution is 0.0511. The van der Waals surface area contributed by atoms with Crippen LogP contribution in [0.5, 0.6) is 0 Å². The summed E-state index contributed by atoms with van der Waals surface area (Å²) in [6, 6.07) is 8.04. The van der Waals surface area contributed by atoms with E-state index < -0.39 is 23.5 Å². The molecule has 158 valence electrons. The van der Waals surface area contributed by atoms with Crippen molar-refractivity contribution in [3.05, 3.63) is 53.6 Å². The fourth-order valence-electron chi connectivity index (χ4n) is 2.77. The maximum absolute atomic E-state index is 15.2. The standard InChI is InChI=1S/C21H23FN4O4/c1-5-29-19(27)17-15-10-7-11-26(15)25-18(24-17)14-9-6-8-13(16(14)22)12-23-20(28)30-21(2,3)4/h6-11H,5,12H2,1-4H3,(H,23,28). The summed E-state index contributed by atoms with van der Waals surface area (Å²) < 4.78 is 26.8. The predicted octanol–water partition coefficient (Wildman–Crippen LogP) is 3.74. The fraction of sp³-hybridized carbons (Fsp3) is 0.333. The number of hydrogen-bond acceptors (Lipinski definition) is 6. The number of rotatable bonds is 5. The number of amides is 1. The lowest BCUT2D eigenvalue weighted by Gasteiger charge is -2.19. The number of carbonyl (C=O) groups excluding carboxylic acids is 2. The number of hydrogen-bond donors (Lipinski definition) is 1. The molecule has 0 aliphatic rings. The van der Waals surface area contributed by atoms with Crippen molar-refractivity contribution in [1.29, 1.82) is 0 Å². The van der Waals surface area contributed by atoms with Gasteiger partial charge in [-0.3, -0.25) is 0 Å². The fourth-order valence-corrected chi connectivity index (χ4v) is 2.77. The lowest BCUT2D eigenvalue weighted by atomic mass is 10.1. The van der Waals surface area contributed by atoms with Gasteiger partial charge in [-0.1, -0.05) is 12.1 Å². The smallest absolute Gasteiger partial charge is 0.407 e. The molecule has 0 aliphatic heterocycles. The topological polar surface area (TPSA) is 94.8 Å². The number of carbonyl (C=O) groups is 2. The Hall–Kier alpha value is -3.49. The van der Waals surface area contributed by atoms with Gasteiger partial charge in [0.2, 0.25) is 0 Å². The number of benzene rings is 1. The van der Waals surface area contributed by atoms with Crippen LogP contribution in [0.3, 0.4) is 0 Å². The Morgan fingerprint density at radius 1 is 1.20 bits per heavy atom. The molecule has 0 bridgehead atoms. The molecule has 0 atom stereocenters. The number of halogens is 1. The van der Waals surface area contributed by atoms with E-state index in [1.807, 2.05) is 0 Å². The summed E-state index contributed by atoms with van der Waals surface area (Å²) in [6.45, 7) is 7.02. The first-order chi connectivity index (χ1) is 14.2. The van der Waals surface area contributed by atoms with E-state index in [1.165, 1.54) is 16.6 Å². The Bertz CT molecular complexity index is 1090. The number of ether oxygens (including phenoxy) is 2. The molecule has 1 amide bonds. The molecule has 3 rings (SSSR count). The molecule has 9 heteroatoms. The molecular formula is C21H23FN4O4. The molecule has 0 saturated heterocycles. The van der Waals surface area contributed by atoms with Gasteiger partial charge in [0, 0.05) is 18.3 Å². The number of aromatic nitrogens is 3. The van der Waals surface area contributed by atoms with Crippen LogP contribution in [0.4, 0.5) is 9.18 Å². The Balaban J connectivity index is 1.93. The van der Waals surface area contributed by atoms with Crippen LogP contribution in [-0.2, 0) is 16.0 Å². The minimum Gasteiger partial charge on any atom is -0.461 e. The highest BCUT2D eigenvalue weighted by molar-refractivity contribution is 5.95. The first-order valence-electron chi connectivity index (χ1n) is 9.46. The van der Waals surface area contributed by atoms with Crippen molar-refractivity contribution in [1.82, 2.24) is 19.9 Å². The van der Waals surface area contributed by atoms with Crippen LogP contribution in [0.25, 0.3) is 16.9 Å². The highest BCUT2D eigenvalue weighted by Crippen LogP contribution is 2.24. The molecule has 0 saturated carbocycles. The van der Waals surface area contributed by atoms with Gasteiger partial charge in [-0.15, -0.1) is 5.10 Å². The van der Waals surface area contributed by atoms with Crippen molar-refractivity contribution in [3.8, 4) is 11.4 Å². The van der Waals surface area contributed by atoms with E-state index in [4.69, 9.17) is 9.47 Å². The van der Waals surface area contributed by atoms with Crippen LogP contribution >= 0.6 is 0 Å². The Morgan fingerprint density at radius 2 is 1.97 bits per heavy atom. The van der Waals surface area contributed by atoms with Crippen LogP contribution in [0.2, 0.25) is 0 Å². The second-order valence-electron chi connectivity index (χ2n) is 7.48. The molecule has 8 nitrogen and oxygen atoms in total. The number of nitrogens with one attached hydrogen (secondary N) is 1. The van der Waals surface area contributed by atoms with E-state index in [1.54, 1.807) is 52.1 Å². The molecule has 0 spiro atoms. The quantitative estimate of drug-likeness (QED) is 0.639. The third kappa shape index (κ3) is 4.73. The number of fused-ring (bicyclic) bond motifs is 1. The zero-order valence-electron chi connectivity index (χ0n) is 17.2. The van der Waals surface area contributed by atoms with Gasteiger partial charge < -0.3 is 14.8 Å². The first-order valence-corrected chi connectivity index (χ1v) is 9.46. The highest BCUT2D eigenvalue weighted by atomic mass is 19.1. The molecule has 0 unspecified atom stereocenters. The largest absolute Gasteiger partial charge is 0.461 e. The van der Waals surface area contributed by atoms with E-state index in [9.17, 15) is 9.59 Å². The summed E-state index contributed by atoms with van der Waals surface area (Å²) in [7, 11) is 0. The second kappa shape index (κ2) is 8.48. The van der Waals surface area contributed by atoms with Crippen molar-refractivity contribution >= 4 is 17.6 Å². The van der Waals surface area contributed by atoms with Crippen LogP contribution < -0.4 is 5.32 Å². The van der Waals surface area contributed by atoms with Gasteiger partial charge in [-0.2, -0.15) is 0 Å². The summed E-state index contributed by atoms with van der Waals surface area (Å²) in [6.07, 6.45) is 0.983. The predicted molar refractivity (Wildman–Crippen MR) is 107 cm³/mol. The van der Waals surface area contributed by atoms with Gasteiger partial charge in [0.25, 0.3) is 0 Å². The van der Waals surface area contributed by atoms with Crippen molar-refractivity contribution in [2.24, 2.45) is 0 Å². The van der Waals surface area contributed by atoms with E-state index in [-0.39, 0.29) is 35.8 Å². The van der Waals surface area contributed by atoms with Gasteiger partial charge in [-0.05, 0) is 45.9 Å². The average Bonchev–Trinajstić information content (AvgIpc) is 3.14. The summed E-state index contributed by atoms with van der Waals surface area (Å²) in [4.78, 5) is 28.4. The Kier molecular flexibility index (Phi) is 6.00. The molecule has 2 heterocycles. The van der Waals surface area contributed by atoms with Crippen LogP contribution in [0.15, 0.2) is 36.5 Å². The Morgan fingerprint density at radius 3 is 2.67 bits per heavy atom. The zero-order valence-corrected chi connectivity index (χ0v) is 17.2. The van der Waals surface area contributed by atoms with Gasteiger partial charge in [0.15, 0.2) is 11.5 Å². The van der Waals surface area contributed by atoms with E-state index in [0.29, 0.717) is 5.52 Å².